The highest BCUT2D eigenvalue weighted by Gasteiger charge is 2.50. The highest BCUT2D eigenvalue weighted by molar-refractivity contribution is 5.37. The van der Waals surface area contributed by atoms with Gasteiger partial charge in [-0.05, 0) is 61.1 Å². The van der Waals surface area contributed by atoms with Gasteiger partial charge in [-0.1, -0.05) is 24.3 Å². The number of fused-ring (bicyclic) bond motifs is 1. The van der Waals surface area contributed by atoms with Gasteiger partial charge >= 0.3 is 0 Å². The summed E-state index contributed by atoms with van der Waals surface area (Å²) in [6.07, 6.45) is 6.69. The van der Waals surface area contributed by atoms with Crippen molar-refractivity contribution >= 4 is 0 Å². The largest absolute Gasteiger partial charge is 0.330 e. The first-order valence-electron chi connectivity index (χ1n) is 6.14. The van der Waals surface area contributed by atoms with Crippen molar-refractivity contribution in [2.75, 3.05) is 6.54 Å². The van der Waals surface area contributed by atoms with Gasteiger partial charge in [0.15, 0.2) is 0 Å². The minimum Gasteiger partial charge on any atom is -0.330 e. The molecule has 1 saturated carbocycles. The lowest BCUT2D eigenvalue weighted by atomic mass is 9.82. The van der Waals surface area contributed by atoms with Crippen LogP contribution >= 0.6 is 0 Å². The Morgan fingerprint density at radius 1 is 1.27 bits per heavy atom. The summed E-state index contributed by atoms with van der Waals surface area (Å²) in [6.45, 7) is 0.860. The molecule has 1 aromatic rings. The second kappa shape index (κ2) is 3.34. The van der Waals surface area contributed by atoms with E-state index in [0.717, 1.165) is 12.5 Å². The molecule has 0 aromatic heterocycles. The zero-order valence-electron chi connectivity index (χ0n) is 9.21. The second-order valence-corrected chi connectivity index (χ2v) is 5.19. The summed E-state index contributed by atoms with van der Waals surface area (Å²) in [7, 11) is 0. The van der Waals surface area contributed by atoms with Crippen LogP contribution in [0.2, 0.25) is 0 Å². The Labute approximate surface area is 91.7 Å². The van der Waals surface area contributed by atoms with E-state index in [1.165, 1.54) is 32.1 Å². The number of hydrogen-bond acceptors (Lipinski definition) is 1. The van der Waals surface area contributed by atoms with Crippen molar-refractivity contribution in [1.29, 1.82) is 0 Å². The van der Waals surface area contributed by atoms with E-state index < -0.39 is 0 Å². The van der Waals surface area contributed by atoms with Gasteiger partial charge < -0.3 is 5.73 Å². The fourth-order valence-electron chi connectivity index (χ4n) is 3.41. The highest BCUT2D eigenvalue weighted by Crippen LogP contribution is 2.61. The summed E-state index contributed by atoms with van der Waals surface area (Å²) in [5.74, 6) is 0.817. The van der Waals surface area contributed by atoms with Gasteiger partial charge in [-0.15, -0.1) is 0 Å². The maximum absolute atomic E-state index is 5.74. The third-order valence-electron chi connectivity index (χ3n) is 4.41. The molecule has 0 heterocycles. The predicted octanol–water partition coefficient (Wildman–Crippen LogP) is 2.85. The molecule has 1 atom stereocenters. The fraction of sp³-hybridized carbons (Fsp3) is 0.571. The van der Waals surface area contributed by atoms with E-state index in [0.29, 0.717) is 5.41 Å². The number of nitrogens with two attached hydrogens (primary N) is 1. The van der Waals surface area contributed by atoms with E-state index >= 15 is 0 Å². The van der Waals surface area contributed by atoms with Crippen LogP contribution in [0.3, 0.4) is 0 Å². The van der Waals surface area contributed by atoms with Crippen molar-refractivity contribution < 1.29 is 0 Å². The van der Waals surface area contributed by atoms with Crippen LogP contribution in [0, 0.1) is 5.41 Å². The van der Waals surface area contributed by atoms with Gasteiger partial charge in [0.2, 0.25) is 0 Å². The first kappa shape index (κ1) is 9.41. The molecular formula is C14H19N. The van der Waals surface area contributed by atoms with Crippen molar-refractivity contribution in [3.05, 3.63) is 35.4 Å². The van der Waals surface area contributed by atoms with E-state index in [1.807, 2.05) is 0 Å². The zero-order chi connectivity index (χ0) is 10.3. The zero-order valence-corrected chi connectivity index (χ0v) is 9.21. The molecule has 2 N–H and O–H groups in total. The number of benzene rings is 1. The van der Waals surface area contributed by atoms with E-state index in [4.69, 9.17) is 5.73 Å². The van der Waals surface area contributed by atoms with Crippen LogP contribution in [0.1, 0.15) is 42.7 Å². The maximum atomic E-state index is 5.74. The van der Waals surface area contributed by atoms with Crippen molar-refractivity contribution in [2.45, 2.75) is 38.0 Å². The number of aryl methyl sites for hydroxylation is 1. The molecule has 0 aliphatic heterocycles. The number of rotatable bonds is 3. The smallest absolute Gasteiger partial charge is 0.00718 e. The second-order valence-electron chi connectivity index (χ2n) is 5.19. The van der Waals surface area contributed by atoms with Crippen LogP contribution in [0.15, 0.2) is 24.3 Å². The SMILES string of the molecule is NCCC1(C2CCc3ccccc32)CC1. The quantitative estimate of drug-likeness (QED) is 0.799. The Morgan fingerprint density at radius 3 is 2.80 bits per heavy atom. The van der Waals surface area contributed by atoms with Crippen molar-refractivity contribution in [2.24, 2.45) is 11.1 Å². The maximum Gasteiger partial charge on any atom is -0.00718 e. The molecule has 0 bridgehead atoms. The van der Waals surface area contributed by atoms with E-state index in [2.05, 4.69) is 24.3 Å². The summed E-state index contributed by atoms with van der Waals surface area (Å²) < 4.78 is 0. The summed E-state index contributed by atoms with van der Waals surface area (Å²) in [5, 5.41) is 0. The highest BCUT2D eigenvalue weighted by atomic mass is 14.6. The Bertz CT molecular complexity index is 365. The molecule has 1 heteroatoms. The van der Waals surface area contributed by atoms with Gasteiger partial charge in [-0.25, -0.2) is 0 Å². The Balaban J connectivity index is 1.91. The Kier molecular flexibility index (Phi) is 2.10. The minimum absolute atomic E-state index is 0.599. The van der Waals surface area contributed by atoms with Gasteiger partial charge in [0.1, 0.15) is 0 Å². The average molecular weight is 201 g/mol. The fourth-order valence-corrected chi connectivity index (χ4v) is 3.41. The summed E-state index contributed by atoms with van der Waals surface area (Å²) in [6, 6.07) is 9.00. The third-order valence-corrected chi connectivity index (χ3v) is 4.41. The third kappa shape index (κ3) is 1.41. The predicted molar refractivity (Wildman–Crippen MR) is 62.8 cm³/mol. The normalized spacial score (nSPS) is 26.3. The topological polar surface area (TPSA) is 26.0 Å². The molecular weight excluding hydrogens is 182 g/mol. The first-order chi connectivity index (χ1) is 7.36. The molecule has 2 aliphatic rings. The van der Waals surface area contributed by atoms with Crippen LogP contribution in [-0.4, -0.2) is 6.54 Å². The van der Waals surface area contributed by atoms with Crippen LogP contribution in [-0.2, 0) is 6.42 Å². The van der Waals surface area contributed by atoms with Crippen molar-refractivity contribution in [1.82, 2.24) is 0 Å². The number of hydrogen-bond donors (Lipinski definition) is 1. The van der Waals surface area contributed by atoms with Gasteiger partial charge in [0, 0.05) is 0 Å². The standard InChI is InChI=1S/C14H19N/c15-10-9-14(7-8-14)13-6-5-11-3-1-2-4-12(11)13/h1-4,13H,5-10,15H2. The first-order valence-corrected chi connectivity index (χ1v) is 6.14. The van der Waals surface area contributed by atoms with Crippen LogP contribution in [0.4, 0.5) is 0 Å². The summed E-state index contributed by atoms with van der Waals surface area (Å²) >= 11 is 0. The minimum atomic E-state index is 0.599. The lowest BCUT2D eigenvalue weighted by molar-refractivity contribution is 0.374. The van der Waals surface area contributed by atoms with Gasteiger partial charge in [0.05, 0.1) is 0 Å². The van der Waals surface area contributed by atoms with Crippen LogP contribution in [0.5, 0.6) is 0 Å². The molecule has 80 valence electrons. The van der Waals surface area contributed by atoms with Gasteiger partial charge in [-0.3, -0.25) is 0 Å². The van der Waals surface area contributed by atoms with E-state index in [-0.39, 0.29) is 0 Å². The van der Waals surface area contributed by atoms with Crippen molar-refractivity contribution in [3.63, 3.8) is 0 Å². The molecule has 0 saturated heterocycles. The van der Waals surface area contributed by atoms with Crippen LogP contribution < -0.4 is 5.73 Å². The lowest BCUT2D eigenvalue weighted by Crippen LogP contribution is -2.16. The summed E-state index contributed by atoms with van der Waals surface area (Å²) in [5.41, 5.74) is 9.56. The molecule has 2 aliphatic carbocycles. The molecule has 3 rings (SSSR count). The molecule has 1 nitrogen and oxygen atoms in total. The van der Waals surface area contributed by atoms with E-state index in [1.54, 1.807) is 11.1 Å². The molecule has 1 fully saturated rings. The molecule has 0 spiro atoms. The molecule has 0 amide bonds. The van der Waals surface area contributed by atoms with Crippen molar-refractivity contribution in [3.8, 4) is 0 Å². The van der Waals surface area contributed by atoms with Gasteiger partial charge in [-0.2, -0.15) is 0 Å². The monoisotopic (exact) mass is 201 g/mol. The average Bonchev–Trinajstić information content (AvgIpc) is 2.91. The Morgan fingerprint density at radius 2 is 2.07 bits per heavy atom. The molecule has 15 heavy (non-hydrogen) atoms. The molecule has 1 unspecified atom stereocenters. The van der Waals surface area contributed by atoms with Gasteiger partial charge in [0.25, 0.3) is 0 Å². The van der Waals surface area contributed by atoms with E-state index in [9.17, 15) is 0 Å². The molecule has 1 aromatic carbocycles. The summed E-state index contributed by atoms with van der Waals surface area (Å²) in [4.78, 5) is 0. The lowest BCUT2D eigenvalue weighted by Gasteiger charge is -2.23. The van der Waals surface area contributed by atoms with Crippen LogP contribution in [0.25, 0.3) is 0 Å². The Hall–Kier alpha value is -0.820. The molecule has 0 radical (unpaired) electrons.